The molecule has 1 aromatic carbocycles. The van der Waals surface area contributed by atoms with Crippen molar-refractivity contribution in [1.29, 1.82) is 5.26 Å². The highest BCUT2D eigenvalue weighted by Gasteiger charge is 2.13. The summed E-state index contributed by atoms with van der Waals surface area (Å²) in [6.45, 7) is 3.94. The van der Waals surface area contributed by atoms with Crippen LogP contribution in [0.2, 0.25) is 0 Å². The average Bonchev–Trinajstić information content (AvgIpc) is 2.55. The van der Waals surface area contributed by atoms with Crippen molar-refractivity contribution < 1.29 is 0 Å². The second kappa shape index (κ2) is 3.82. The fourth-order valence-electron chi connectivity index (χ4n) is 1.81. The molecule has 0 saturated heterocycles. The average molecular weight is 211 g/mol. The van der Waals surface area contributed by atoms with Gasteiger partial charge in [-0.15, -0.1) is 0 Å². The Morgan fingerprint density at radius 1 is 1.31 bits per heavy atom. The van der Waals surface area contributed by atoms with Gasteiger partial charge in [-0.25, -0.2) is 4.98 Å². The van der Waals surface area contributed by atoms with E-state index in [0.29, 0.717) is 5.69 Å². The number of rotatable bonds is 1. The van der Waals surface area contributed by atoms with Crippen molar-refractivity contribution in [2.45, 2.75) is 13.8 Å². The lowest BCUT2D eigenvalue weighted by atomic mass is 10.1. The lowest BCUT2D eigenvalue weighted by Crippen LogP contribution is -1.95. The molecule has 16 heavy (non-hydrogen) atoms. The van der Waals surface area contributed by atoms with Crippen molar-refractivity contribution in [2.24, 2.45) is 7.05 Å². The zero-order valence-electron chi connectivity index (χ0n) is 9.65. The minimum absolute atomic E-state index is 0.491. The Labute approximate surface area is 95.0 Å². The molecule has 0 aliphatic heterocycles. The van der Waals surface area contributed by atoms with Gasteiger partial charge in [-0.2, -0.15) is 5.26 Å². The van der Waals surface area contributed by atoms with Gasteiger partial charge in [0.05, 0.1) is 5.69 Å². The van der Waals surface area contributed by atoms with Crippen LogP contribution in [0.1, 0.15) is 17.1 Å². The summed E-state index contributed by atoms with van der Waals surface area (Å²) in [5.41, 5.74) is 3.61. The Balaban J connectivity index is 2.69. The molecule has 0 aliphatic carbocycles. The number of nitrogens with zero attached hydrogens (tertiary/aromatic N) is 3. The summed E-state index contributed by atoms with van der Waals surface area (Å²) in [6.07, 6.45) is 0. The third kappa shape index (κ3) is 1.59. The summed E-state index contributed by atoms with van der Waals surface area (Å²) in [5.74, 6) is 0.855. The molecule has 0 N–H and O–H groups in total. The molecule has 1 heterocycles. The minimum Gasteiger partial charge on any atom is -0.330 e. The van der Waals surface area contributed by atoms with Gasteiger partial charge in [0.15, 0.2) is 5.69 Å². The number of imidazole rings is 1. The Hall–Kier alpha value is -2.08. The molecule has 3 heteroatoms. The van der Waals surface area contributed by atoms with Gasteiger partial charge in [0.2, 0.25) is 0 Å². The maximum atomic E-state index is 9.06. The first kappa shape index (κ1) is 10.4. The van der Waals surface area contributed by atoms with Crippen LogP contribution in [0.4, 0.5) is 0 Å². The van der Waals surface area contributed by atoms with Crippen molar-refractivity contribution in [3.63, 3.8) is 0 Å². The van der Waals surface area contributed by atoms with Gasteiger partial charge in [0.1, 0.15) is 11.9 Å². The number of hydrogen-bond acceptors (Lipinski definition) is 2. The summed E-state index contributed by atoms with van der Waals surface area (Å²) in [4.78, 5) is 4.24. The first-order valence-electron chi connectivity index (χ1n) is 5.14. The fourth-order valence-corrected chi connectivity index (χ4v) is 1.81. The standard InChI is InChI=1S/C13H13N3/c1-9-5-4-6-11(7-9)13-12(8-14)15-10(2)16(13)3/h4-7H,1-3H3. The first-order chi connectivity index (χ1) is 7.63. The highest BCUT2D eigenvalue weighted by Crippen LogP contribution is 2.24. The molecule has 1 aromatic heterocycles. The molecule has 0 amide bonds. The van der Waals surface area contributed by atoms with Crippen LogP contribution in [0.15, 0.2) is 24.3 Å². The van der Waals surface area contributed by atoms with Crippen LogP contribution < -0.4 is 0 Å². The van der Waals surface area contributed by atoms with Crippen LogP contribution >= 0.6 is 0 Å². The van der Waals surface area contributed by atoms with Gasteiger partial charge in [-0.05, 0) is 19.9 Å². The number of aromatic nitrogens is 2. The molecule has 0 fully saturated rings. The van der Waals surface area contributed by atoms with E-state index in [1.165, 1.54) is 5.56 Å². The van der Waals surface area contributed by atoms with Crippen LogP contribution in [-0.2, 0) is 7.05 Å². The van der Waals surface area contributed by atoms with E-state index in [9.17, 15) is 0 Å². The predicted molar refractivity (Wildman–Crippen MR) is 62.8 cm³/mol. The van der Waals surface area contributed by atoms with E-state index in [-0.39, 0.29) is 0 Å². The molecule has 0 spiro atoms. The van der Waals surface area contributed by atoms with E-state index in [4.69, 9.17) is 5.26 Å². The van der Waals surface area contributed by atoms with E-state index in [1.54, 1.807) is 0 Å². The SMILES string of the molecule is Cc1cccc(-c2c(C#N)nc(C)n2C)c1. The number of benzene rings is 1. The van der Waals surface area contributed by atoms with Crippen molar-refractivity contribution in [2.75, 3.05) is 0 Å². The molecule has 2 aromatic rings. The summed E-state index contributed by atoms with van der Waals surface area (Å²) in [6, 6.07) is 10.2. The van der Waals surface area contributed by atoms with Crippen LogP contribution in [0.5, 0.6) is 0 Å². The van der Waals surface area contributed by atoms with Crippen molar-refractivity contribution in [1.82, 2.24) is 9.55 Å². The monoisotopic (exact) mass is 211 g/mol. The molecule has 0 saturated carbocycles. The summed E-state index contributed by atoms with van der Waals surface area (Å²) in [7, 11) is 1.93. The van der Waals surface area contributed by atoms with E-state index in [0.717, 1.165) is 17.1 Å². The van der Waals surface area contributed by atoms with Gasteiger partial charge in [0, 0.05) is 12.6 Å². The molecule has 0 bridgehead atoms. The fraction of sp³-hybridized carbons (Fsp3) is 0.231. The first-order valence-corrected chi connectivity index (χ1v) is 5.14. The maximum absolute atomic E-state index is 9.06. The van der Waals surface area contributed by atoms with Gasteiger partial charge in [-0.1, -0.05) is 23.8 Å². The van der Waals surface area contributed by atoms with Crippen molar-refractivity contribution >= 4 is 0 Å². The number of aryl methyl sites for hydroxylation is 2. The molecule has 3 nitrogen and oxygen atoms in total. The quantitative estimate of drug-likeness (QED) is 0.727. The topological polar surface area (TPSA) is 41.6 Å². The Morgan fingerprint density at radius 2 is 2.06 bits per heavy atom. The lowest BCUT2D eigenvalue weighted by Gasteiger charge is -2.05. The van der Waals surface area contributed by atoms with Gasteiger partial charge in [0.25, 0.3) is 0 Å². The van der Waals surface area contributed by atoms with Crippen LogP contribution in [0.25, 0.3) is 11.3 Å². The molecule has 0 atom stereocenters. The molecular weight excluding hydrogens is 198 g/mol. The maximum Gasteiger partial charge on any atom is 0.166 e. The Morgan fingerprint density at radius 3 is 2.69 bits per heavy atom. The third-order valence-electron chi connectivity index (χ3n) is 2.72. The minimum atomic E-state index is 0.491. The van der Waals surface area contributed by atoms with Crippen LogP contribution in [0, 0.1) is 25.2 Å². The van der Waals surface area contributed by atoms with Gasteiger partial charge in [-0.3, -0.25) is 0 Å². The summed E-state index contributed by atoms with van der Waals surface area (Å²) >= 11 is 0. The Kier molecular flexibility index (Phi) is 2.49. The zero-order valence-corrected chi connectivity index (χ0v) is 9.65. The molecule has 2 rings (SSSR count). The number of nitriles is 1. The van der Waals surface area contributed by atoms with Crippen LogP contribution in [-0.4, -0.2) is 9.55 Å². The van der Waals surface area contributed by atoms with E-state index >= 15 is 0 Å². The van der Waals surface area contributed by atoms with E-state index in [1.807, 2.05) is 43.7 Å². The highest BCUT2D eigenvalue weighted by atomic mass is 15.1. The van der Waals surface area contributed by atoms with Crippen LogP contribution in [0.3, 0.4) is 0 Å². The molecule has 0 unspecified atom stereocenters. The largest absolute Gasteiger partial charge is 0.330 e. The van der Waals surface area contributed by atoms with E-state index in [2.05, 4.69) is 17.1 Å². The summed E-state index contributed by atoms with van der Waals surface area (Å²) in [5, 5.41) is 9.06. The zero-order chi connectivity index (χ0) is 11.7. The summed E-state index contributed by atoms with van der Waals surface area (Å²) < 4.78 is 1.95. The molecule has 80 valence electrons. The third-order valence-corrected chi connectivity index (χ3v) is 2.72. The smallest absolute Gasteiger partial charge is 0.166 e. The van der Waals surface area contributed by atoms with Crippen molar-refractivity contribution in [3.05, 3.63) is 41.3 Å². The predicted octanol–water partition coefficient (Wildman–Crippen LogP) is 2.58. The molecular formula is C13H13N3. The van der Waals surface area contributed by atoms with Crippen molar-refractivity contribution in [3.8, 4) is 17.3 Å². The number of hydrogen-bond donors (Lipinski definition) is 0. The molecule has 0 aliphatic rings. The lowest BCUT2D eigenvalue weighted by molar-refractivity contribution is 0.865. The second-order valence-electron chi connectivity index (χ2n) is 3.90. The normalized spacial score (nSPS) is 10.1. The molecule has 0 radical (unpaired) electrons. The second-order valence-corrected chi connectivity index (χ2v) is 3.90. The Bertz CT molecular complexity index is 573. The highest BCUT2D eigenvalue weighted by molar-refractivity contribution is 5.66. The van der Waals surface area contributed by atoms with E-state index < -0.39 is 0 Å². The van der Waals surface area contributed by atoms with Gasteiger partial charge >= 0.3 is 0 Å². The van der Waals surface area contributed by atoms with Gasteiger partial charge < -0.3 is 4.57 Å².